The monoisotopic (exact) mass is 317 g/mol. The van der Waals surface area contributed by atoms with Crippen LogP contribution in [-0.4, -0.2) is 49.1 Å². The summed E-state index contributed by atoms with van der Waals surface area (Å²) in [4.78, 5) is 27.9. The highest BCUT2D eigenvalue weighted by atomic mass is 16.5. The number of nitrogens with one attached hydrogen (secondary N) is 1. The molecule has 0 aliphatic carbocycles. The van der Waals surface area contributed by atoms with Crippen LogP contribution in [0.5, 0.6) is 5.75 Å². The number of likely N-dealkylation sites (tertiary alicyclic amines) is 1. The Balaban J connectivity index is 1.59. The standard InChI is InChI=1S/C17H23N3O3/c1-2-23-15-7-5-14(6-8-15)20-12-13(11-16(20)21)18-17(22)19-9-3-4-10-19/h5-8,13H,2-4,9-12H2,1H3,(H,18,22)/t13-/m1/s1. The molecule has 2 saturated heterocycles. The summed E-state index contributed by atoms with van der Waals surface area (Å²) < 4.78 is 5.42. The second-order valence-electron chi connectivity index (χ2n) is 5.98. The summed E-state index contributed by atoms with van der Waals surface area (Å²) in [6.45, 7) is 4.70. The highest BCUT2D eigenvalue weighted by Crippen LogP contribution is 2.24. The molecule has 1 atom stereocenters. The van der Waals surface area contributed by atoms with Gasteiger partial charge in [0.25, 0.3) is 0 Å². The minimum Gasteiger partial charge on any atom is -0.494 e. The largest absolute Gasteiger partial charge is 0.494 e. The molecule has 2 heterocycles. The third-order valence-corrected chi connectivity index (χ3v) is 4.31. The Kier molecular flexibility index (Phi) is 4.69. The Labute approximate surface area is 136 Å². The van der Waals surface area contributed by atoms with E-state index in [1.165, 1.54) is 0 Å². The van der Waals surface area contributed by atoms with Crippen molar-refractivity contribution < 1.29 is 14.3 Å². The molecule has 1 N–H and O–H groups in total. The maximum absolute atomic E-state index is 12.2. The fourth-order valence-corrected chi connectivity index (χ4v) is 3.13. The lowest BCUT2D eigenvalue weighted by molar-refractivity contribution is -0.117. The van der Waals surface area contributed by atoms with E-state index in [-0.39, 0.29) is 18.0 Å². The second kappa shape index (κ2) is 6.89. The van der Waals surface area contributed by atoms with Crippen molar-refractivity contribution in [1.29, 1.82) is 0 Å². The molecule has 6 nitrogen and oxygen atoms in total. The molecule has 3 rings (SSSR count). The lowest BCUT2D eigenvalue weighted by Crippen LogP contribution is -2.44. The average molecular weight is 317 g/mol. The summed E-state index contributed by atoms with van der Waals surface area (Å²) >= 11 is 0. The number of hydrogen-bond donors (Lipinski definition) is 1. The Morgan fingerprint density at radius 3 is 2.61 bits per heavy atom. The molecule has 1 aromatic carbocycles. The number of rotatable bonds is 4. The van der Waals surface area contributed by atoms with Gasteiger partial charge in [0.1, 0.15) is 5.75 Å². The zero-order chi connectivity index (χ0) is 16.2. The van der Waals surface area contributed by atoms with Crippen LogP contribution >= 0.6 is 0 Å². The first-order valence-corrected chi connectivity index (χ1v) is 8.26. The van der Waals surface area contributed by atoms with E-state index < -0.39 is 0 Å². The molecule has 2 aliphatic heterocycles. The van der Waals surface area contributed by atoms with Gasteiger partial charge in [-0.3, -0.25) is 4.79 Å². The highest BCUT2D eigenvalue weighted by Gasteiger charge is 2.32. The molecule has 0 saturated carbocycles. The minimum atomic E-state index is -0.123. The molecule has 1 aromatic rings. The number of ether oxygens (including phenoxy) is 1. The molecule has 124 valence electrons. The quantitative estimate of drug-likeness (QED) is 0.924. The number of hydrogen-bond acceptors (Lipinski definition) is 3. The van der Waals surface area contributed by atoms with Crippen molar-refractivity contribution in [2.45, 2.75) is 32.2 Å². The Hall–Kier alpha value is -2.24. The zero-order valence-corrected chi connectivity index (χ0v) is 13.5. The van der Waals surface area contributed by atoms with Crippen LogP contribution in [0.15, 0.2) is 24.3 Å². The summed E-state index contributed by atoms with van der Waals surface area (Å²) in [7, 11) is 0. The average Bonchev–Trinajstić information content (AvgIpc) is 3.18. The van der Waals surface area contributed by atoms with E-state index in [9.17, 15) is 9.59 Å². The predicted molar refractivity (Wildman–Crippen MR) is 87.7 cm³/mol. The number of amides is 3. The Bertz CT molecular complexity index is 567. The van der Waals surface area contributed by atoms with Gasteiger partial charge in [-0.25, -0.2) is 4.79 Å². The molecule has 23 heavy (non-hydrogen) atoms. The first-order chi connectivity index (χ1) is 11.2. The lowest BCUT2D eigenvalue weighted by Gasteiger charge is -2.20. The van der Waals surface area contributed by atoms with Gasteiger partial charge in [0, 0.05) is 31.7 Å². The van der Waals surface area contributed by atoms with E-state index in [1.807, 2.05) is 36.1 Å². The van der Waals surface area contributed by atoms with E-state index in [0.717, 1.165) is 37.4 Å². The summed E-state index contributed by atoms with van der Waals surface area (Å²) in [5.41, 5.74) is 0.844. The number of benzene rings is 1. The van der Waals surface area contributed by atoms with Gasteiger partial charge in [0.05, 0.1) is 12.6 Å². The van der Waals surface area contributed by atoms with E-state index in [4.69, 9.17) is 4.74 Å². The lowest BCUT2D eigenvalue weighted by atomic mass is 10.2. The van der Waals surface area contributed by atoms with Crippen LogP contribution in [0, 0.1) is 0 Å². The zero-order valence-electron chi connectivity index (χ0n) is 13.5. The van der Waals surface area contributed by atoms with Crippen molar-refractivity contribution in [3.63, 3.8) is 0 Å². The van der Waals surface area contributed by atoms with Gasteiger partial charge in [-0.05, 0) is 44.0 Å². The third kappa shape index (κ3) is 3.57. The fraction of sp³-hybridized carbons (Fsp3) is 0.529. The van der Waals surface area contributed by atoms with Gasteiger partial charge in [-0.1, -0.05) is 0 Å². The van der Waals surface area contributed by atoms with Crippen LogP contribution < -0.4 is 15.0 Å². The molecular weight excluding hydrogens is 294 g/mol. The van der Waals surface area contributed by atoms with Crippen molar-refractivity contribution in [1.82, 2.24) is 10.2 Å². The number of carbonyl (C=O) groups is 2. The van der Waals surface area contributed by atoms with Crippen LogP contribution in [0.4, 0.5) is 10.5 Å². The fourth-order valence-electron chi connectivity index (χ4n) is 3.13. The van der Waals surface area contributed by atoms with Gasteiger partial charge in [0.15, 0.2) is 0 Å². The van der Waals surface area contributed by atoms with Crippen LogP contribution in [0.2, 0.25) is 0 Å². The second-order valence-corrected chi connectivity index (χ2v) is 5.98. The normalized spacial score (nSPS) is 20.9. The van der Waals surface area contributed by atoms with Crippen molar-refractivity contribution in [2.75, 3.05) is 31.1 Å². The van der Waals surface area contributed by atoms with Gasteiger partial charge >= 0.3 is 6.03 Å². The summed E-state index contributed by atoms with van der Waals surface area (Å²) in [5, 5.41) is 2.98. The van der Waals surface area contributed by atoms with E-state index in [0.29, 0.717) is 19.6 Å². The maximum atomic E-state index is 12.2. The third-order valence-electron chi connectivity index (χ3n) is 4.31. The van der Waals surface area contributed by atoms with Crippen molar-refractivity contribution in [3.8, 4) is 5.75 Å². The maximum Gasteiger partial charge on any atom is 0.317 e. The highest BCUT2D eigenvalue weighted by molar-refractivity contribution is 5.96. The van der Waals surface area contributed by atoms with Gasteiger partial charge in [-0.15, -0.1) is 0 Å². The first kappa shape index (κ1) is 15.6. The van der Waals surface area contributed by atoms with E-state index >= 15 is 0 Å². The Morgan fingerprint density at radius 2 is 1.96 bits per heavy atom. The minimum absolute atomic E-state index is 0.0425. The molecular formula is C17H23N3O3. The van der Waals surface area contributed by atoms with Crippen molar-refractivity contribution in [2.24, 2.45) is 0 Å². The number of nitrogens with zero attached hydrogens (tertiary/aromatic N) is 2. The molecule has 3 amide bonds. The first-order valence-electron chi connectivity index (χ1n) is 8.26. The molecule has 2 fully saturated rings. The van der Waals surface area contributed by atoms with E-state index in [2.05, 4.69) is 5.32 Å². The smallest absolute Gasteiger partial charge is 0.317 e. The van der Waals surface area contributed by atoms with E-state index in [1.54, 1.807) is 4.90 Å². The number of anilines is 1. The molecule has 0 unspecified atom stereocenters. The van der Waals surface area contributed by atoms with Gasteiger partial charge < -0.3 is 19.9 Å². The van der Waals surface area contributed by atoms with Crippen molar-refractivity contribution >= 4 is 17.6 Å². The van der Waals surface area contributed by atoms with Gasteiger partial charge in [0.2, 0.25) is 5.91 Å². The van der Waals surface area contributed by atoms with Crippen LogP contribution in [0.25, 0.3) is 0 Å². The SMILES string of the molecule is CCOc1ccc(N2C[C@H](NC(=O)N3CCCC3)CC2=O)cc1. The summed E-state index contributed by atoms with van der Waals surface area (Å²) in [5.74, 6) is 0.836. The van der Waals surface area contributed by atoms with Crippen LogP contribution in [0.1, 0.15) is 26.2 Å². The molecule has 0 aromatic heterocycles. The molecule has 0 spiro atoms. The topological polar surface area (TPSA) is 61.9 Å². The molecule has 2 aliphatic rings. The van der Waals surface area contributed by atoms with Crippen molar-refractivity contribution in [3.05, 3.63) is 24.3 Å². The molecule has 0 bridgehead atoms. The summed E-state index contributed by atoms with van der Waals surface area (Å²) in [6, 6.07) is 7.32. The Morgan fingerprint density at radius 1 is 1.26 bits per heavy atom. The number of urea groups is 1. The van der Waals surface area contributed by atoms with Gasteiger partial charge in [-0.2, -0.15) is 0 Å². The summed E-state index contributed by atoms with van der Waals surface area (Å²) in [6.07, 6.45) is 2.48. The molecule has 0 radical (unpaired) electrons. The molecule has 6 heteroatoms. The van der Waals surface area contributed by atoms with Crippen LogP contribution in [0.3, 0.4) is 0 Å². The predicted octanol–water partition coefficient (Wildman–Crippen LogP) is 2.00. The number of carbonyl (C=O) groups excluding carboxylic acids is 2. The van der Waals surface area contributed by atoms with Crippen LogP contribution in [-0.2, 0) is 4.79 Å².